The summed E-state index contributed by atoms with van der Waals surface area (Å²) in [6, 6.07) is 12.2. The molecule has 2 aromatic carbocycles. The fraction of sp³-hybridized carbons (Fsp3) is 0.517. The van der Waals surface area contributed by atoms with Gasteiger partial charge in [0.25, 0.3) is 0 Å². The summed E-state index contributed by atoms with van der Waals surface area (Å²) in [4.78, 5) is 28.4. The van der Waals surface area contributed by atoms with Gasteiger partial charge < -0.3 is 19.7 Å². The lowest BCUT2D eigenvalue weighted by Gasteiger charge is -2.32. The molecule has 0 saturated carbocycles. The Morgan fingerprint density at radius 2 is 1.72 bits per heavy atom. The molecule has 2 amide bonds. The van der Waals surface area contributed by atoms with Crippen molar-refractivity contribution in [2.45, 2.75) is 72.0 Å². The molecule has 0 unspecified atom stereocenters. The van der Waals surface area contributed by atoms with Crippen LogP contribution in [0.1, 0.15) is 57.6 Å². The number of carbonyl (C=O) groups is 2. The summed E-state index contributed by atoms with van der Waals surface area (Å²) in [7, 11) is -3.62. The Morgan fingerprint density at radius 1 is 1.03 bits per heavy atom. The van der Waals surface area contributed by atoms with Crippen LogP contribution in [0.25, 0.3) is 0 Å². The average molecular weight is 560 g/mol. The summed E-state index contributed by atoms with van der Waals surface area (Å²) < 4.78 is 37.8. The first-order valence-electron chi connectivity index (χ1n) is 13.6. The van der Waals surface area contributed by atoms with Crippen molar-refractivity contribution in [1.82, 2.24) is 10.2 Å². The summed E-state index contributed by atoms with van der Waals surface area (Å²) >= 11 is 0. The minimum atomic E-state index is -3.62. The third kappa shape index (κ3) is 8.11. The second kappa shape index (κ2) is 13.7. The van der Waals surface area contributed by atoms with Gasteiger partial charge in [0.1, 0.15) is 19.3 Å². The van der Waals surface area contributed by atoms with Crippen LogP contribution in [0.3, 0.4) is 0 Å². The minimum absolute atomic E-state index is 0.00344. The van der Waals surface area contributed by atoms with Crippen LogP contribution in [0.4, 0.5) is 5.69 Å². The molecule has 0 bridgehead atoms. The van der Waals surface area contributed by atoms with Gasteiger partial charge in [-0.2, -0.15) is 0 Å². The lowest BCUT2D eigenvalue weighted by atomic mass is 10.0. The van der Waals surface area contributed by atoms with E-state index in [1.807, 2.05) is 52.0 Å². The van der Waals surface area contributed by atoms with Gasteiger partial charge in [-0.15, -0.1) is 0 Å². The first-order chi connectivity index (χ1) is 18.5. The molecule has 1 N–H and O–H groups in total. The molecule has 214 valence electrons. The van der Waals surface area contributed by atoms with E-state index >= 15 is 0 Å². The molecule has 2 atom stereocenters. The lowest BCUT2D eigenvalue weighted by molar-refractivity contribution is -0.141. The summed E-state index contributed by atoms with van der Waals surface area (Å²) in [5.41, 5.74) is 2.45. The molecule has 1 aliphatic heterocycles. The number of nitrogens with one attached hydrogen (secondary N) is 1. The highest BCUT2D eigenvalue weighted by molar-refractivity contribution is 7.92. The van der Waals surface area contributed by atoms with Crippen LogP contribution in [-0.4, -0.2) is 63.2 Å². The molecule has 0 saturated heterocycles. The number of fused-ring (bicyclic) bond motifs is 1. The third-order valence-electron chi connectivity index (χ3n) is 6.95. The predicted octanol–water partition coefficient (Wildman–Crippen LogP) is 4.03. The topological polar surface area (TPSA) is 105 Å². The van der Waals surface area contributed by atoms with Crippen molar-refractivity contribution in [2.24, 2.45) is 0 Å². The summed E-state index contributed by atoms with van der Waals surface area (Å²) in [6.07, 6.45) is 2.77. The highest BCUT2D eigenvalue weighted by Gasteiger charge is 2.30. The van der Waals surface area contributed by atoms with Gasteiger partial charge in [0.05, 0.1) is 11.9 Å². The molecule has 10 heteroatoms. The Balaban J connectivity index is 1.78. The molecule has 2 aromatic rings. The Kier molecular flexibility index (Phi) is 10.6. The number of amides is 2. The van der Waals surface area contributed by atoms with Crippen molar-refractivity contribution in [3.8, 4) is 11.5 Å². The molecule has 0 radical (unpaired) electrons. The van der Waals surface area contributed by atoms with E-state index in [4.69, 9.17) is 9.47 Å². The molecule has 0 aromatic heterocycles. The maximum absolute atomic E-state index is 13.6. The first-order valence-corrected chi connectivity index (χ1v) is 15.4. The van der Waals surface area contributed by atoms with Crippen LogP contribution in [0, 0.1) is 6.92 Å². The number of aryl methyl sites for hydroxylation is 1. The van der Waals surface area contributed by atoms with Gasteiger partial charge in [-0.05, 0) is 56.4 Å². The number of sulfonamides is 1. The zero-order valence-corrected chi connectivity index (χ0v) is 24.4. The van der Waals surface area contributed by atoms with Crippen molar-refractivity contribution < 1.29 is 27.5 Å². The van der Waals surface area contributed by atoms with Crippen molar-refractivity contribution in [2.75, 3.05) is 30.3 Å². The molecule has 0 spiro atoms. The molecule has 9 nitrogen and oxygen atoms in total. The van der Waals surface area contributed by atoms with Gasteiger partial charge >= 0.3 is 0 Å². The molecule has 1 heterocycles. The van der Waals surface area contributed by atoms with Gasteiger partial charge in [-0.3, -0.25) is 13.9 Å². The van der Waals surface area contributed by atoms with Crippen molar-refractivity contribution in [1.29, 1.82) is 0 Å². The predicted molar refractivity (Wildman–Crippen MR) is 153 cm³/mol. The Hall–Kier alpha value is -3.27. The zero-order valence-electron chi connectivity index (χ0n) is 23.6. The number of benzene rings is 2. The zero-order chi connectivity index (χ0) is 28.6. The van der Waals surface area contributed by atoms with Gasteiger partial charge in [0.2, 0.25) is 21.8 Å². The number of rotatable bonds is 13. The molecule has 1 aliphatic rings. The highest BCUT2D eigenvalue weighted by atomic mass is 32.2. The molecule has 39 heavy (non-hydrogen) atoms. The minimum Gasteiger partial charge on any atom is -0.486 e. The van der Waals surface area contributed by atoms with E-state index in [-0.39, 0.29) is 37.2 Å². The highest BCUT2D eigenvalue weighted by Crippen LogP contribution is 2.34. The number of hydrogen-bond acceptors (Lipinski definition) is 6. The van der Waals surface area contributed by atoms with Crippen molar-refractivity contribution >= 4 is 27.5 Å². The largest absolute Gasteiger partial charge is 0.486 e. The first kappa shape index (κ1) is 30.3. The number of ether oxygens (including phenoxy) is 2. The number of hydrogen-bond donors (Lipinski definition) is 1. The number of carbonyl (C=O) groups excluding carboxylic acids is 2. The second-order valence-corrected chi connectivity index (χ2v) is 11.9. The van der Waals surface area contributed by atoms with Crippen LogP contribution in [0.15, 0.2) is 42.5 Å². The van der Waals surface area contributed by atoms with Gasteiger partial charge in [-0.1, -0.05) is 38.1 Å². The van der Waals surface area contributed by atoms with Crippen molar-refractivity contribution in [3.63, 3.8) is 0 Å². The van der Waals surface area contributed by atoms with Crippen LogP contribution < -0.4 is 19.1 Å². The normalized spacial score (nSPS) is 14.3. The van der Waals surface area contributed by atoms with Crippen LogP contribution >= 0.6 is 0 Å². The van der Waals surface area contributed by atoms with Gasteiger partial charge in [-0.25, -0.2) is 8.42 Å². The Morgan fingerprint density at radius 3 is 2.36 bits per heavy atom. The molecular formula is C29H41N3O6S. The van der Waals surface area contributed by atoms with E-state index in [0.717, 1.165) is 23.8 Å². The monoisotopic (exact) mass is 559 g/mol. The quantitative estimate of drug-likeness (QED) is 0.397. The maximum Gasteiger partial charge on any atom is 0.243 e. The molecule has 0 aliphatic carbocycles. The summed E-state index contributed by atoms with van der Waals surface area (Å²) in [5.74, 6) is 0.690. The molecular weight excluding hydrogens is 518 g/mol. The maximum atomic E-state index is 13.6. The Bertz CT molecular complexity index is 1250. The third-order valence-corrected chi connectivity index (χ3v) is 8.15. The smallest absolute Gasteiger partial charge is 0.243 e. The summed E-state index contributed by atoms with van der Waals surface area (Å²) in [6.45, 7) is 9.06. The van der Waals surface area contributed by atoms with Crippen molar-refractivity contribution in [3.05, 3.63) is 53.6 Å². The number of anilines is 1. The SMILES string of the molecule is CC[C@@H](C)NC(=O)[C@H](CC)N(Cc1ccccc1C)C(=O)CCCN(c1ccc2c(c1)OCCO2)S(C)(=O)=O. The second-order valence-electron chi connectivity index (χ2n) is 9.96. The van der Waals surface area contributed by atoms with Crippen LogP contribution in [0.5, 0.6) is 11.5 Å². The van der Waals surface area contributed by atoms with Crippen LogP contribution in [0.2, 0.25) is 0 Å². The van der Waals surface area contributed by atoms with E-state index in [1.165, 1.54) is 4.31 Å². The Labute approximate surface area is 232 Å². The van der Waals surface area contributed by atoms with E-state index in [2.05, 4.69) is 5.32 Å². The summed E-state index contributed by atoms with van der Waals surface area (Å²) in [5, 5.41) is 3.01. The standard InChI is InChI=1S/C29H41N3O6S/c1-6-22(4)30-29(34)25(7-2)31(20-23-12-9-8-11-21(23)3)28(33)13-10-16-32(39(5,35)36)24-14-15-26-27(19-24)38-18-17-37-26/h8-9,11-12,14-15,19,22,25H,6-7,10,13,16-18,20H2,1-5H3,(H,30,34)/t22-,25+/m1/s1. The van der Waals surface area contributed by atoms with Gasteiger partial charge in [0.15, 0.2) is 11.5 Å². The fourth-order valence-electron chi connectivity index (χ4n) is 4.52. The lowest BCUT2D eigenvalue weighted by Crippen LogP contribution is -2.50. The molecule has 0 fully saturated rings. The number of nitrogens with zero attached hydrogens (tertiary/aromatic N) is 2. The average Bonchev–Trinajstić information content (AvgIpc) is 2.90. The van der Waals surface area contributed by atoms with E-state index in [0.29, 0.717) is 43.4 Å². The molecule has 3 rings (SSSR count). The fourth-order valence-corrected chi connectivity index (χ4v) is 5.48. The van der Waals surface area contributed by atoms with E-state index in [1.54, 1.807) is 23.1 Å². The van der Waals surface area contributed by atoms with Gasteiger partial charge in [0, 0.05) is 31.6 Å². The van der Waals surface area contributed by atoms with E-state index in [9.17, 15) is 18.0 Å². The van der Waals surface area contributed by atoms with E-state index < -0.39 is 16.1 Å². The van der Waals surface area contributed by atoms with Crippen LogP contribution in [-0.2, 0) is 26.2 Å².